The SMILES string of the molecule is Cc1cc(N2CCC(C(=O)N3CCCCC3)CC2)c2cccc([N+](=O)[O-])c2n1. The molecule has 0 spiro atoms. The van der Waals surface area contributed by atoms with Crippen molar-refractivity contribution < 1.29 is 9.72 Å². The molecule has 4 rings (SSSR count). The van der Waals surface area contributed by atoms with E-state index in [-0.39, 0.29) is 16.5 Å². The van der Waals surface area contributed by atoms with Crippen LogP contribution in [-0.4, -0.2) is 46.9 Å². The van der Waals surface area contributed by atoms with Crippen molar-refractivity contribution in [2.75, 3.05) is 31.1 Å². The van der Waals surface area contributed by atoms with Crippen LogP contribution in [0.5, 0.6) is 0 Å². The van der Waals surface area contributed by atoms with Gasteiger partial charge in [-0.1, -0.05) is 12.1 Å². The Kier molecular flexibility index (Phi) is 5.15. The monoisotopic (exact) mass is 382 g/mol. The van der Waals surface area contributed by atoms with Gasteiger partial charge in [0.2, 0.25) is 5.91 Å². The van der Waals surface area contributed by atoms with Crippen LogP contribution in [0.15, 0.2) is 24.3 Å². The van der Waals surface area contributed by atoms with Gasteiger partial charge in [0.25, 0.3) is 5.69 Å². The number of piperidine rings is 2. The van der Waals surface area contributed by atoms with E-state index < -0.39 is 0 Å². The normalized spacial score (nSPS) is 18.5. The van der Waals surface area contributed by atoms with Gasteiger partial charge in [0.15, 0.2) is 5.52 Å². The lowest BCUT2D eigenvalue weighted by Crippen LogP contribution is -2.44. The van der Waals surface area contributed by atoms with Gasteiger partial charge in [-0.15, -0.1) is 0 Å². The van der Waals surface area contributed by atoms with E-state index in [4.69, 9.17) is 0 Å². The van der Waals surface area contributed by atoms with Crippen LogP contribution in [0.4, 0.5) is 11.4 Å². The first-order chi connectivity index (χ1) is 13.5. The third-order valence-electron chi connectivity index (χ3n) is 5.97. The molecule has 7 nitrogen and oxygen atoms in total. The predicted octanol–water partition coefficient (Wildman–Crippen LogP) is 3.68. The summed E-state index contributed by atoms with van der Waals surface area (Å²) >= 11 is 0. The van der Waals surface area contributed by atoms with E-state index in [1.165, 1.54) is 12.5 Å². The molecule has 0 radical (unpaired) electrons. The van der Waals surface area contributed by atoms with Gasteiger partial charge < -0.3 is 9.80 Å². The molecule has 2 aromatic rings. The maximum Gasteiger partial charge on any atom is 0.295 e. The Balaban J connectivity index is 1.55. The molecule has 2 fully saturated rings. The van der Waals surface area contributed by atoms with Crippen molar-refractivity contribution >= 4 is 28.2 Å². The van der Waals surface area contributed by atoms with Crippen LogP contribution in [0.2, 0.25) is 0 Å². The number of pyridine rings is 1. The van der Waals surface area contributed by atoms with Crippen LogP contribution in [0.25, 0.3) is 10.9 Å². The molecular formula is C21H26N4O3. The number of aryl methyl sites for hydroxylation is 1. The number of benzene rings is 1. The fraction of sp³-hybridized carbons (Fsp3) is 0.524. The van der Waals surface area contributed by atoms with Crippen LogP contribution in [0.1, 0.15) is 37.8 Å². The van der Waals surface area contributed by atoms with Gasteiger partial charge in [-0.3, -0.25) is 14.9 Å². The van der Waals surface area contributed by atoms with Crippen molar-refractivity contribution in [3.63, 3.8) is 0 Å². The number of hydrogen-bond acceptors (Lipinski definition) is 5. The first kappa shape index (κ1) is 18.7. The fourth-order valence-corrected chi connectivity index (χ4v) is 4.49. The van der Waals surface area contributed by atoms with E-state index in [0.717, 1.165) is 68.6 Å². The maximum absolute atomic E-state index is 12.8. The number of likely N-dealkylation sites (tertiary alicyclic amines) is 1. The molecule has 1 amide bonds. The molecule has 2 saturated heterocycles. The molecule has 1 aromatic heterocycles. The van der Waals surface area contributed by atoms with E-state index in [0.29, 0.717) is 11.4 Å². The topological polar surface area (TPSA) is 79.6 Å². The lowest BCUT2D eigenvalue weighted by Gasteiger charge is -2.37. The second-order valence-corrected chi connectivity index (χ2v) is 7.86. The highest BCUT2D eigenvalue weighted by molar-refractivity contribution is 5.97. The van der Waals surface area contributed by atoms with E-state index >= 15 is 0 Å². The highest BCUT2D eigenvalue weighted by Gasteiger charge is 2.30. The largest absolute Gasteiger partial charge is 0.371 e. The molecule has 2 aliphatic heterocycles. The summed E-state index contributed by atoms with van der Waals surface area (Å²) in [6.45, 7) is 5.23. The number of hydrogen-bond donors (Lipinski definition) is 0. The third kappa shape index (κ3) is 3.53. The van der Waals surface area contributed by atoms with Crippen LogP contribution < -0.4 is 4.90 Å². The summed E-state index contributed by atoms with van der Waals surface area (Å²) < 4.78 is 0. The first-order valence-corrected chi connectivity index (χ1v) is 10.1. The molecule has 148 valence electrons. The molecule has 3 heterocycles. The summed E-state index contributed by atoms with van der Waals surface area (Å²) in [5.74, 6) is 0.406. The summed E-state index contributed by atoms with van der Waals surface area (Å²) in [5.41, 5.74) is 2.23. The van der Waals surface area contributed by atoms with E-state index in [1.807, 2.05) is 24.0 Å². The van der Waals surface area contributed by atoms with E-state index in [2.05, 4.69) is 9.88 Å². The van der Waals surface area contributed by atoms with Gasteiger partial charge in [-0.2, -0.15) is 0 Å². The first-order valence-electron chi connectivity index (χ1n) is 10.1. The number of rotatable bonds is 3. The average Bonchev–Trinajstić information content (AvgIpc) is 2.73. The van der Waals surface area contributed by atoms with Gasteiger partial charge in [-0.25, -0.2) is 4.98 Å². The van der Waals surface area contributed by atoms with E-state index in [9.17, 15) is 14.9 Å². The number of carbonyl (C=O) groups is 1. The van der Waals surface area contributed by atoms with Gasteiger partial charge >= 0.3 is 0 Å². The molecule has 2 aliphatic rings. The van der Waals surface area contributed by atoms with Crippen molar-refractivity contribution in [2.45, 2.75) is 39.0 Å². The third-order valence-corrected chi connectivity index (χ3v) is 5.97. The number of para-hydroxylation sites is 1. The summed E-state index contributed by atoms with van der Waals surface area (Å²) in [6, 6.07) is 7.11. The predicted molar refractivity (Wildman–Crippen MR) is 109 cm³/mol. The lowest BCUT2D eigenvalue weighted by atomic mass is 9.93. The molecule has 0 unspecified atom stereocenters. The van der Waals surface area contributed by atoms with Gasteiger partial charge in [0.1, 0.15) is 0 Å². The van der Waals surface area contributed by atoms with Crippen molar-refractivity contribution in [3.05, 3.63) is 40.1 Å². The molecule has 0 saturated carbocycles. The number of nitrogens with zero attached hydrogens (tertiary/aromatic N) is 4. The summed E-state index contributed by atoms with van der Waals surface area (Å²) in [7, 11) is 0. The van der Waals surface area contributed by atoms with Crippen molar-refractivity contribution in [2.24, 2.45) is 5.92 Å². The summed E-state index contributed by atoms with van der Waals surface area (Å²) in [5, 5.41) is 12.2. The Bertz CT molecular complexity index is 900. The number of nitro groups is 1. The Morgan fingerprint density at radius 3 is 2.54 bits per heavy atom. The zero-order valence-electron chi connectivity index (χ0n) is 16.3. The highest BCUT2D eigenvalue weighted by Crippen LogP contribution is 2.34. The Morgan fingerprint density at radius 1 is 1.14 bits per heavy atom. The standard InChI is InChI=1S/C21H26N4O3/c1-15-14-19(17-6-5-7-18(25(27)28)20(17)22-15)23-12-8-16(9-13-23)21(26)24-10-3-2-4-11-24/h5-7,14,16H,2-4,8-13H2,1H3. The van der Waals surface area contributed by atoms with Crippen molar-refractivity contribution in [1.82, 2.24) is 9.88 Å². The highest BCUT2D eigenvalue weighted by atomic mass is 16.6. The lowest BCUT2D eigenvalue weighted by molar-refractivity contribution is -0.383. The number of nitro benzene ring substituents is 1. The molecule has 28 heavy (non-hydrogen) atoms. The molecular weight excluding hydrogens is 356 g/mol. The quantitative estimate of drug-likeness (QED) is 0.598. The maximum atomic E-state index is 12.8. The van der Waals surface area contributed by atoms with Gasteiger partial charge in [0, 0.05) is 54.9 Å². The molecule has 0 atom stereocenters. The Morgan fingerprint density at radius 2 is 1.86 bits per heavy atom. The number of carbonyl (C=O) groups excluding carboxylic acids is 1. The molecule has 0 N–H and O–H groups in total. The Hall–Kier alpha value is -2.70. The van der Waals surface area contributed by atoms with Gasteiger partial charge in [0.05, 0.1) is 4.92 Å². The summed E-state index contributed by atoms with van der Waals surface area (Å²) in [6.07, 6.45) is 5.11. The average molecular weight is 382 g/mol. The van der Waals surface area contributed by atoms with Gasteiger partial charge in [-0.05, 0) is 45.1 Å². The zero-order chi connectivity index (χ0) is 19.7. The van der Waals surface area contributed by atoms with Crippen molar-refractivity contribution in [3.8, 4) is 0 Å². The zero-order valence-corrected chi connectivity index (χ0v) is 16.3. The summed E-state index contributed by atoms with van der Waals surface area (Å²) in [4.78, 5) is 32.5. The minimum Gasteiger partial charge on any atom is -0.371 e. The molecule has 7 heteroatoms. The van der Waals surface area contributed by atoms with Crippen LogP contribution in [0.3, 0.4) is 0 Å². The molecule has 1 aromatic carbocycles. The molecule has 0 aliphatic carbocycles. The Labute approximate surface area is 164 Å². The number of aromatic nitrogens is 1. The number of anilines is 1. The number of amides is 1. The smallest absolute Gasteiger partial charge is 0.295 e. The second kappa shape index (κ2) is 7.73. The van der Waals surface area contributed by atoms with Crippen LogP contribution in [0, 0.1) is 23.0 Å². The molecule has 0 bridgehead atoms. The van der Waals surface area contributed by atoms with Crippen LogP contribution >= 0.6 is 0 Å². The van der Waals surface area contributed by atoms with E-state index in [1.54, 1.807) is 6.07 Å². The van der Waals surface area contributed by atoms with Crippen LogP contribution in [-0.2, 0) is 4.79 Å². The number of non-ortho nitro benzene ring substituents is 1. The second-order valence-electron chi connectivity index (χ2n) is 7.86. The van der Waals surface area contributed by atoms with Crippen molar-refractivity contribution in [1.29, 1.82) is 0 Å². The minimum atomic E-state index is -0.373. The number of fused-ring (bicyclic) bond motifs is 1. The fourth-order valence-electron chi connectivity index (χ4n) is 4.49. The minimum absolute atomic E-state index is 0.0395.